The molecule has 4 heteroatoms. The van der Waals surface area contributed by atoms with Gasteiger partial charge in [-0.3, -0.25) is 4.98 Å². The number of aliphatic carboxylic acids is 1. The molecule has 0 saturated heterocycles. The van der Waals surface area contributed by atoms with Crippen molar-refractivity contribution in [2.45, 2.75) is 18.9 Å². The molecule has 2 atom stereocenters. The summed E-state index contributed by atoms with van der Waals surface area (Å²) in [6.45, 7) is 0.894. The van der Waals surface area contributed by atoms with Crippen LogP contribution in [0.1, 0.15) is 22.7 Å². The molecular formula is C17H18N2O2. The normalized spacial score (nSPS) is 20.8. The van der Waals surface area contributed by atoms with Crippen molar-refractivity contribution in [2.24, 2.45) is 0 Å². The lowest BCUT2D eigenvalue weighted by atomic mass is 9.89. The highest BCUT2D eigenvalue weighted by molar-refractivity contribution is 5.65. The summed E-state index contributed by atoms with van der Waals surface area (Å²) in [5, 5.41) is 11.0. The second-order valence-electron chi connectivity index (χ2n) is 5.52. The fraction of sp³-hybridized carbons (Fsp3) is 0.294. The monoisotopic (exact) mass is 282 g/mol. The van der Waals surface area contributed by atoms with Crippen LogP contribution in [0, 0.1) is 0 Å². The Morgan fingerprint density at radius 3 is 2.76 bits per heavy atom. The summed E-state index contributed by atoms with van der Waals surface area (Å²) in [7, 11) is 0. The number of hydrogen-bond donors (Lipinski definition) is 1. The predicted molar refractivity (Wildman–Crippen MR) is 76.5 cm³/mol. The summed E-state index contributed by atoms with van der Waals surface area (Å²) < 4.78 is 0. The van der Waals surface area contributed by atoms with Crippen LogP contribution < -0.4 is 10.0 Å². The number of aromatic nitrogens is 1. The highest BCUT2D eigenvalue weighted by Crippen LogP contribution is 2.22. The molecule has 21 heavy (non-hydrogen) atoms. The number of pyridine rings is 1. The fourth-order valence-electron chi connectivity index (χ4n) is 3.20. The molecule has 1 aromatic carbocycles. The van der Waals surface area contributed by atoms with E-state index in [9.17, 15) is 9.90 Å². The number of fused-ring (bicyclic) bond motifs is 1. The Hall–Kier alpha value is -2.20. The van der Waals surface area contributed by atoms with Crippen molar-refractivity contribution in [1.29, 1.82) is 0 Å². The number of carbonyl (C=O) groups is 1. The molecule has 2 aromatic rings. The van der Waals surface area contributed by atoms with Crippen LogP contribution in [0.25, 0.3) is 0 Å². The van der Waals surface area contributed by atoms with Gasteiger partial charge in [-0.1, -0.05) is 24.3 Å². The SMILES string of the molecule is O=C([O-])C[NH+]1CCc2ccccc2[C@H]1Cc1ccncc1. The molecule has 0 saturated carbocycles. The lowest BCUT2D eigenvalue weighted by Crippen LogP contribution is -3.14. The van der Waals surface area contributed by atoms with Crippen LogP contribution in [0.5, 0.6) is 0 Å². The van der Waals surface area contributed by atoms with E-state index in [0.717, 1.165) is 24.3 Å². The summed E-state index contributed by atoms with van der Waals surface area (Å²) in [5.41, 5.74) is 3.78. The number of quaternary nitrogens is 1. The number of carboxylic acid groups (broad SMARTS) is 1. The summed E-state index contributed by atoms with van der Waals surface area (Å²) in [6.07, 6.45) is 5.30. The van der Waals surface area contributed by atoms with Gasteiger partial charge in [0.1, 0.15) is 12.6 Å². The van der Waals surface area contributed by atoms with Gasteiger partial charge in [0.25, 0.3) is 0 Å². The van der Waals surface area contributed by atoms with Gasteiger partial charge in [0.2, 0.25) is 0 Å². The van der Waals surface area contributed by atoms with Gasteiger partial charge < -0.3 is 14.8 Å². The summed E-state index contributed by atoms with van der Waals surface area (Å²) >= 11 is 0. The van der Waals surface area contributed by atoms with Crippen LogP contribution >= 0.6 is 0 Å². The van der Waals surface area contributed by atoms with Crippen LogP contribution in [0.15, 0.2) is 48.8 Å². The average Bonchev–Trinajstić information content (AvgIpc) is 2.50. The van der Waals surface area contributed by atoms with E-state index in [2.05, 4.69) is 17.1 Å². The van der Waals surface area contributed by atoms with Crippen LogP contribution in [0.4, 0.5) is 0 Å². The topological polar surface area (TPSA) is 57.5 Å². The highest BCUT2D eigenvalue weighted by atomic mass is 16.4. The largest absolute Gasteiger partial charge is 0.544 e. The van der Waals surface area contributed by atoms with Gasteiger partial charge in [-0.05, 0) is 23.3 Å². The quantitative estimate of drug-likeness (QED) is 0.827. The summed E-state index contributed by atoms with van der Waals surface area (Å²) in [5.74, 6) is -0.982. The van der Waals surface area contributed by atoms with Crippen molar-refractivity contribution in [3.05, 3.63) is 65.5 Å². The Kier molecular flexibility index (Phi) is 3.97. The maximum absolute atomic E-state index is 11.0. The molecule has 1 aliphatic heterocycles. The smallest absolute Gasteiger partial charge is 0.118 e. The molecule has 1 N–H and O–H groups in total. The molecule has 1 aliphatic rings. The third-order valence-electron chi connectivity index (χ3n) is 4.20. The van der Waals surface area contributed by atoms with Gasteiger partial charge >= 0.3 is 0 Å². The minimum Gasteiger partial charge on any atom is -0.544 e. The van der Waals surface area contributed by atoms with E-state index in [1.54, 1.807) is 12.4 Å². The number of carbonyl (C=O) groups excluding carboxylic acids is 1. The van der Waals surface area contributed by atoms with E-state index in [1.807, 2.05) is 24.3 Å². The van der Waals surface area contributed by atoms with E-state index >= 15 is 0 Å². The molecule has 0 radical (unpaired) electrons. The van der Waals surface area contributed by atoms with E-state index in [4.69, 9.17) is 0 Å². The zero-order valence-corrected chi connectivity index (χ0v) is 11.8. The molecule has 0 spiro atoms. The van der Waals surface area contributed by atoms with Crippen LogP contribution in [-0.4, -0.2) is 24.0 Å². The molecule has 3 rings (SSSR count). The van der Waals surface area contributed by atoms with Gasteiger partial charge in [-0.25, -0.2) is 0 Å². The molecule has 2 heterocycles. The number of rotatable bonds is 4. The number of carboxylic acids is 1. The first-order valence-corrected chi connectivity index (χ1v) is 7.25. The molecule has 0 bridgehead atoms. The number of hydrogen-bond acceptors (Lipinski definition) is 3. The Balaban J connectivity index is 1.92. The Labute approximate surface area is 124 Å². The molecule has 0 amide bonds. The maximum atomic E-state index is 11.0. The molecule has 0 aliphatic carbocycles. The van der Waals surface area contributed by atoms with Crippen molar-refractivity contribution in [3.63, 3.8) is 0 Å². The van der Waals surface area contributed by atoms with Crippen LogP contribution in [-0.2, 0) is 17.6 Å². The van der Waals surface area contributed by atoms with E-state index in [0.29, 0.717) is 0 Å². The molecule has 1 unspecified atom stereocenters. The molecule has 0 fully saturated rings. The first-order chi connectivity index (χ1) is 10.2. The maximum Gasteiger partial charge on any atom is 0.118 e. The van der Waals surface area contributed by atoms with E-state index in [-0.39, 0.29) is 12.6 Å². The third kappa shape index (κ3) is 3.11. The van der Waals surface area contributed by atoms with Crippen molar-refractivity contribution in [1.82, 2.24) is 4.98 Å². The molecule has 1 aromatic heterocycles. The number of nitrogens with zero attached hydrogens (tertiary/aromatic N) is 1. The van der Waals surface area contributed by atoms with Gasteiger partial charge in [0.15, 0.2) is 0 Å². The minimum absolute atomic E-state index is 0.0596. The first kappa shape index (κ1) is 13.8. The Bertz CT molecular complexity index is 628. The highest BCUT2D eigenvalue weighted by Gasteiger charge is 2.30. The molecule has 4 nitrogen and oxygen atoms in total. The Morgan fingerprint density at radius 1 is 1.24 bits per heavy atom. The lowest BCUT2D eigenvalue weighted by molar-refractivity contribution is -0.928. The van der Waals surface area contributed by atoms with Crippen LogP contribution in [0.2, 0.25) is 0 Å². The third-order valence-corrected chi connectivity index (χ3v) is 4.20. The van der Waals surface area contributed by atoms with Gasteiger partial charge in [0.05, 0.1) is 12.5 Å². The zero-order valence-electron chi connectivity index (χ0n) is 11.8. The van der Waals surface area contributed by atoms with Gasteiger partial charge in [-0.2, -0.15) is 0 Å². The molecule has 108 valence electrons. The minimum atomic E-state index is -0.982. The standard InChI is InChI=1S/C17H18N2O2/c20-17(21)12-19-10-7-14-3-1-2-4-15(14)16(19)11-13-5-8-18-9-6-13/h1-6,8-9,16H,7,10-12H2,(H,20,21)/t16-/m1/s1. The lowest BCUT2D eigenvalue weighted by Gasteiger charge is -2.34. The van der Waals surface area contributed by atoms with Crippen molar-refractivity contribution >= 4 is 5.97 Å². The van der Waals surface area contributed by atoms with Gasteiger partial charge in [0, 0.05) is 30.8 Å². The van der Waals surface area contributed by atoms with Crippen molar-refractivity contribution in [2.75, 3.05) is 13.1 Å². The van der Waals surface area contributed by atoms with Crippen molar-refractivity contribution < 1.29 is 14.8 Å². The summed E-state index contributed by atoms with van der Waals surface area (Å²) in [4.78, 5) is 16.1. The summed E-state index contributed by atoms with van der Waals surface area (Å²) in [6, 6.07) is 12.5. The van der Waals surface area contributed by atoms with E-state index in [1.165, 1.54) is 16.7 Å². The number of nitrogens with one attached hydrogen (secondary N) is 1. The van der Waals surface area contributed by atoms with Gasteiger partial charge in [-0.15, -0.1) is 0 Å². The Morgan fingerprint density at radius 2 is 2.00 bits per heavy atom. The average molecular weight is 282 g/mol. The zero-order chi connectivity index (χ0) is 14.7. The van der Waals surface area contributed by atoms with Crippen molar-refractivity contribution in [3.8, 4) is 0 Å². The second-order valence-corrected chi connectivity index (χ2v) is 5.52. The van der Waals surface area contributed by atoms with Crippen LogP contribution in [0.3, 0.4) is 0 Å². The fourth-order valence-corrected chi connectivity index (χ4v) is 3.20. The molecular weight excluding hydrogens is 264 g/mol. The second kappa shape index (κ2) is 6.06. The van der Waals surface area contributed by atoms with E-state index < -0.39 is 5.97 Å². The first-order valence-electron chi connectivity index (χ1n) is 7.25. The number of benzene rings is 1. The predicted octanol–water partition coefficient (Wildman–Crippen LogP) is -0.444.